The van der Waals surface area contributed by atoms with Gasteiger partial charge in [0.1, 0.15) is 11.5 Å². The van der Waals surface area contributed by atoms with E-state index in [0.29, 0.717) is 16.8 Å². The van der Waals surface area contributed by atoms with Gasteiger partial charge in [0.15, 0.2) is 11.7 Å². The maximum Gasteiger partial charge on any atom is 0.264 e. The van der Waals surface area contributed by atoms with E-state index in [1.54, 1.807) is 7.11 Å². The second-order valence-corrected chi connectivity index (χ2v) is 8.22. The minimum absolute atomic E-state index is 0.0740. The van der Waals surface area contributed by atoms with Crippen molar-refractivity contribution in [1.29, 1.82) is 0 Å². The third-order valence-corrected chi connectivity index (χ3v) is 5.32. The van der Waals surface area contributed by atoms with Crippen molar-refractivity contribution in [1.82, 2.24) is 4.98 Å². The number of aromatic nitrogens is 1. The van der Waals surface area contributed by atoms with E-state index in [0.717, 1.165) is 27.0 Å². The molecule has 0 bridgehead atoms. The van der Waals surface area contributed by atoms with Crippen LogP contribution in [0.4, 0.5) is 5.13 Å². The standard InChI is InChI=1S/C21H21BrN2O3S/c1-13(2)17-10-15(22)7-8-19(17)27-11-20(25)24-21-23-18(12-28-21)14-5-4-6-16(9-14)26-3/h4-10,12-13H,11H2,1-3H3,(H,23,24,25). The maximum atomic E-state index is 12.3. The highest BCUT2D eigenvalue weighted by Gasteiger charge is 2.12. The largest absolute Gasteiger partial charge is 0.497 e. The molecule has 1 amide bonds. The van der Waals surface area contributed by atoms with E-state index >= 15 is 0 Å². The molecular weight excluding hydrogens is 440 g/mol. The maximum absolute atomic E-state index is 12.3. The molecule has 2 aromatic carbocycles. The number of anilines is 1. The number of nitrogens with zero attached hydrogens (tertiary/aromatic N) is 1. The number of amides is 1. The zero-order chi connectivity index (χ0) is 20.1. The summed E-state index contributed by atoms with van der Waals surface area (Å²) in [5.41, 5.74) is 2.77. The summed E-state index contributed by atoms with van der Waals surface area (Å²) in [7, 11) is 1.63. The van der Waals surface area contributed by atoms with Gasteiger partial charge in [-0.1, -0.05) is 41.9 Å². The first kappa shape index (κ1) is 20.4. The minimum atomic E-state index is -0.246. The fourth-order valence-electron chi connectivity index (χ4n) is 2.65. The van der Waals surface area contributed by atoms with Gasteiger partial charge in [-0.2, -0.15) is 0 Å². The zero-order valence-electron chi connectivity index (χ0n) is 15.9. The highest BCUT2D eigenvalue weighted by molar-refractivity contribution is 9.10. The molecule has 0 unspecified atom stereocenters. The molecule has 7 heteroatoms. The Morgan fingerprint density at radius 1 is 1.25 bits per heavy atom. The summed E-state index contributed by atoms with van der Waals surface area (Å²) < 4.78 is 12.0. The van der Waals surface area contributed by atoms with E-state index in [-0.39, 0.29) is 12.5 Å². The van der Waals surface area contributed by atoms with E-state index in [2.05, 4.69) is 40.1 Å². The summed E-state index contributed by atoms with van der Waals surface area (Å²) in [6.45, 7) is 4.10. The van der Waals surface area contributed by atoms with Crippen molar-refractivity contribution in [3.05, 3.63) is 57.9 Å². The summed E-state index contributed by atoms with van der Waals surface area (Å²) in [6.07, 6.45) is 0. The number of benzene rings is 2. The first-order chi connectivity index (χ1) is 13.5. The Kier molecular flexibility index (Phi) is 6.70. The summed E-state index contributed by atoms with van der Waals surface area (Å²) >= 11 is 4.84. The van der Waals surface area contributed by atoms with Crippen LogP contribution in [-0.2, 0) is 4.79 Å². The molecule has 0 atom stereocenters. The van der Waals surface area contributed by atoms with Gasteiger partial charge in [0.05, 0.1) is 12.8 Å². The second kappa shape index (κ2) is 9.21. The Balaban J connectivity index is 1.62. The quantitative estimate of drug-likeness (QED) is 0.489. The lowest BCUT2D eigenvalue weighted by Crippen LogP contribution is -2.20. The first-order valence-electron chi connectivity index (χ1n) is 8.78. The van der Waals surface area contributed by atoms with E-state index in [1.165, 1.54) is 11.3 Å². The Morgan fingerprint density at radius 3 is 2.82 bits per heavy atom. The van der Waals surface area contributed by atoms with Gasteiger partial charge in [0, 0.05) is 15.4 Å². The van der Waals surface area contributed by atoms with Crippen LogP contribution in [0.3, 0.4) is 0 Å². The van der Waals surface area contributed by atoms with Crippen molar-refractivity contribution in [2.24, 2.45) is 0 Å². The molecule has 0 saturated heterocycles. The average Bonchev–Trinajstić information content (AvgIpc) is 3.15. The number of hydrogen-bond acceptors (Lipinski definition) is 5. The van der Waals surface area contributed by atoms with Crippen molar-refractivity contribution < 1.29 is 14.3 Å². The molecule has 1 heterocycles. The SMILES string of the molecule is COc1cccc(-c2csc(NC(=O)COc3ccc(Br)cc3C(C)C)n2)c1. The van der Waals surface area contributed by atoms with Crippen LogP contribution in [0.2, 0.25) is 0 Å². The molecule has 0 aliphatic rings. The number of carbonyl (C=O) groups excluding carboxylic acids is 1. The van der Waals surface area contributed by atoms with Gasteiger partial charge in [-0.3, -0.25) is 10.1 Å². The van der Waals surface area contributed by atoms with Crippen LogP contribution < -0.4 is 14.8 Å². The number of ether oxygens (including phenoxy) is 2. The molecule has 5 nitrogen and oxygen atoms in total. The summed E-state index contributed by atoms with van der Waals surface area (Å²) in [6, 6.07) is 13.4. The molecule has 0 aliphatic heterocycles. The van der Waals surface area contributed by atoms with E-state index in [1.807, 2.05) is 47.8 Å². The third-order valence-electron chi connectivity index (χ3n) is 4.07. The lowest BCUT2D eigenvalue weighted by atomic mass is 10.0. The van der Waals surface area contributed by atoms with Gasteiger partial charge in [0.2, 0.25) is 0 Å². The molecule has 0 saturated carbocycles. The molecule has 1 aromatic heterocycles. The molecule has 3 rings (SSSR count). The van der Waals surface area contributed by atoms with Crippen LogP contribution in [0.1, 0.15) is 25.3 Å². The summed E-state index contributed by atoms with van der Waals surface area (Å²) in [5, 5.41) is 5.23. The van der Waals surface area contributed by atoms with E-state index < -0.39 is 0 Å². The molecule has 0 spiro atoms. The number of hydrogen-bond donors (Lipinski definition) is 1. The molecule has 146 valence electrons. The van der Waals surface area contributed by atoms with Gasteiger partial charge in [-0.25, -0.2) is 4.98 Å². The van der Waals surface area contributed by atoms with Gasteiger partial charge in [0.25, 0.3) is 5.91 Å². The number of methoxy groups -OCH3 is 1. The number of rotatable bonds is 7. The number of carbonyl (C=O) groups is 1. The smallest absolute Gasteiger partial charge is 0.264 e. The van der Waals surface area contributed by atoms with Crippen molar-refractivity contribution >= 4 is 38.3 Å². The van der Waals surface area contributed by atoms with Gasteiger partial charge in [-0.15, -0.1) is 11.3 Å². The fraction of sp³-hybridized carbons (Fsp3) is 0.238. The average molecular weight is 461 g/mol. The van der Waals surface area contributed by atoms with Crippen molar-refractivity contribution in [3.8, 4) is 22.8 Å². The van der Waals surface area contributed by atoms with Gasteiger partial charge < -0.3 is 9.47 Å². The van der Waals surface area contributed by atoms with Crippen LogP contribution in [-0.4, -0.2) is 24.6 Å². The van der Waals surface area contributed by atoms with E-state index in [4.69, 9.17) is 9.47 Å². The second-order valence-electron chi connectivity index (χ2n) is 6.44. The lowest BCUT2D eigenvalue weighted by molar-refractivity contribution is -0.118. The molecule has 1 N–H and O–H groups in total. The number of nitrogens with one attached hydrogen (secondary N) is 1. The van der Waals surface area contributed by atoms with Crippen LogP contribution in [0, 0.1) is 0 Å². The number of halogens is 1. The van der Waals surface area contributed by atoms with Crippen LogP contribution >= 0.6 is 27.3 Å². The normalized spacial score (nSPS) is 10.8. The predicted octanol–water partition coefficient (Wildman–Crippen LogP) is 5.72. The molecule has 0 fully saturated rings. The minimum Gasteiger partial charge on any atom is -0.497 e. The number of thiazole rings is 1. The third kappa shape index (κ3) is 5.11. The Hall–Kier alpha value is -2.38. The van der Waals surface area contributed by atoms with Crippen molar-refractivity contribution in [3.63, 3.8) is 0 Å². The van der Waals surface area contributed by atoms with Crippen LogP contribution in [0.15, 0.2) is 52.3 Å². The highest BCUT2D eigenvalue weighted by Crippen LogP contribution is 2.30. The summed E-state index contributed by atoms with van der Waals surface area (Å²) in [4.78, 5) is 16.8. The first-order valence-corrected chi connectivity index (χ1v) is 10.5. The van der Waals surface area contributed by atoms with Crippen LogP contribution in [0.5, 0.6) is 11.5 Å². The Labute approximate surface area is 176 Å². The Morgan fingerprint density at radius 2 is 2.07 bits per heavy atom. The van der Waals surface area contributed by atoms with Gasteiger partial charge in [-0.05, 0) is 41.8 Å². The highest BCUT2D eigenvalue weighted by atomic mass is 79.9. The molecule has 0 radical (unpaired) electrons. The zero-order valence-corrected chi connectivity index (χ0v) is 18.3. The monoisotopic (exact) mass is 460 g/mol. The Bertz CT molecular complexity index is 972. The van der Waals surface area contributed by atoms with Gasteiger partial charge >= 0.3 is 0 Å². The predicted molar refractivity (Wildman–Crippen MR) is 116 cm³/mol. The topological polar surface area (TPSA) is 60.5 Å². The summed E-state index contributed by atoms with van der Waals surface area (Å²) in [5.74, 6) is 1.52. The van der Waals surface area contributed by atoms with E-state index in [9.17, 15) is 4.79 Å². The molecular formula is C21H21BrN2O3S. The fourth-order valence-corrected chi connectivity index (χ4v) is 3.76. The molecule has 3 aromatic rings. The van der Waals surface area contributed by atoms with Crippen LogP contribution in [0.25, 0.3) is 11.3 Å². The molecule has 28 heavy (non-hydrogen) atoms. The molecule has 0 aliphatic carbocycles. The van der Waals surface area contributed by atoms with Crippen molar-refractivity contribution in [2.45, 2.75) is 19.8 Å². The van der Waals surface area contributed by atoms with Crippen molar-refractivity contribution in [2.75, 3.05) is 19.0 Å². The lowest BCUT2D eigenvalue weighted by Gasteiger charge is -2.14.